The van der Waals surface area contributed by atoms with Gasteiger partial charge in [-0.3, -0.25) is 9.59 Å². The summed E-state index contributed by atoms with van der Waals surface area (Å²) in [6.07, 6.45) is 1.40. The molecule has 0 unspecified atom stereocenters. The van der Waals surface area contributed by atoms with Gasteiger partial charge in [-0.05, 0) is 60.2 Å². The Hall–Kier alpha value is -3.11. The molecule has 0 amide bonds. The van der Waals surface area contributed by atoms with E-state index in [0.717, 1.165) is 22.3 Å². The normalized spacial score (nSPS) is 14.1. The summed E-state index contributed by atoms with van der Waals surface area (Å²) in [6, 6.07) is 20.7. The molecule has 4 rings (SSSR count). The number of carboxylic acids is 1. The number of Topliss-reactive ketones (excluding diaryl/α,β-unsaturated/α-hetero) is 1. The van der Waals surface area contributed by atoms with Crippen molar-refractivity contribution in [3.05, 3.63) is 99.6 Å². The fourth-order valence-corrected chi connectivity index (χ4v) is 4.57. The molecular weight excluding hydrogens is 424 g/mol. The smallest absolute Gasteiger partial charge is 0.310 e. The average Bonchev–Trinajstić information content (AvgIpc) is 3.14. The topological polar surface area (TPSA) is 63.6 Å². The Balaban J connectivity index is 1.46. The number of halogens is 1. The van der Waals surface area contributed by atoms with E-state index in [4.69, 9.17) is 16.3 Å². The summed E-state index contributed by atoms with van der Waals surface area (Å²) >= 11 is 6.03. The van der Waals surface area contributed by atoms with Crippen molar-refractivity contribution in [3.8, 4) is 5.75 Å². The number of carbonyl (C=O) groups is 2. The van der Waals surface area contributed by atoms with Gasteiger partial charge in [-0.2, -0.15) is 0 Å². The van der Waals surface area contributed by atoms with Gasteiger partial charge in [-0.1, -0.05) is 60.1 Å². The molecule has 0 fully saturated rings. The van der Waals surface area contributed by atoms with Gasteiger partial charge in [0.25, 0.3) is 0 Å². The zero-order valence-electron chi connectivity index (χ0n) is 17.9. The molecule has 0 heterocycles. The number of ketones is 1. The van der Waals surface area contributed by atoms with Crippen LogP contribution in [0.15, 0.2) is 66.7 Å². The molecule has 1 N–H and O–H groups in total. The predicted octanol–water partition coefficient (Wildman–Crippen LogP) is 5.71. The maximum atomic E-state index is 13.1. The van der Waals surface area contributed by atoms with E-state index < -0.39 is 11.4 Å². The van der Waals surface area contributed by atoms with Gasteiger partial charge in [0.05, 0.1) is 12.0 Å². The number of rotatable bonds is 8. The number of fused-ring (bicyclic) bond motifs is 1. The molecule has 164 valence electrons. The number of hydrogen-bond acceptors (Lipinski definition) is 3. The lowest BCUT2D eigenvalue weighted by Gasteiger charge is -2.23. The molecule has 4 nitrogen and oxygen atoms in total. The number of benzene rings is 3. The van der Waals surface area contributed by atoms with Crippen LogP contribution < -0.4 is 4.74 Å². The Morgan fingerprint density at radius 3 is 2.38 bits per heavy atom. The van der Waals surface area contributed by atoms with E-state index in [1.54, 1.807) is 12.1 Å². The first-order valence-corrected chi connectivity index (χ1v) is 11.1. The van der Waals surface area contributed by atoms with Crippen LogP contribution in [0.4, 0.5) is 0 Å². The van der Waals surface area contributed by atoms with E-state index in [9.17, 15) is 14.7 Å². The first kappa shape index (κ1) is 22.1. The number of ether oxygens (including phenoxy) is 1. The highest BCUT2D eigenvalue weighted by molar-refractivity contribution is 6.30. The molecular formula is C27H25ClO4. The van der Waals surface area contributed by atoms with Gasteiger partial charge in [0.15, 0.2) is 5.78 Å². The van der Waals surface area contributed by atoms with Gasteiger partial charge in [0.2, 0.25) is 0 Å². The minimum absolute atomic E-state index is 0.0397. The highest BCUT2D eigenvalue weighted by Crippen LogP contribution is 2.41. The van der Waals surface area contributed by atoms with Crippen LogP contribution in [-0.4, -0.2) is 23.5 Å². The van der Waals surface area contributed by atoms with E-state index >= 15 is 0 Å². The molecule has 0 aliphatic heterocycles. The molecule has 32 heavy (non-hydrogen) atoms. The summed E-state index contributed by atoms with van der Waals surface area (Å²) in [4.78, 5) is 25.3. The summed E-state index contributed by atoms with van der Waals surface area (Å²) in [5.74, 6) is -0.469. The third-order valence-corrected chi connectivity index (χ3v) is 6.41. The molecule has 5 heteroatoms. The molecule has 3 aromatic carbocycles. The molecule has 3 aromatic rings. The Kier molecular flexibility index (Phi) is 6.33. The second-order valence-electron chi connectivity index (χ2n) is 8.52. The molecule has 0 saturated heterocycles. The van der Waals surface area contributed by atoms with E-state index in [-0.39, 0.29) is 12.2 Å². The second-order valence-corrected chi connectivity index (χ2v) is 8.95. The van der Waals surface area contributed by atoms with Gasteiger partial charge in [-0.25, -0.2) is 0 Å². The van der Waals surface area contributed by atoms with Crippen LogP contribution in [0.5, 0.6) is 5.75 Å². The lowest BCUT2D eigenvalue weighted by Crippen LogP contribution is -2.34. The van der Waals surface area contributed by atoms with Crippen LogP contribution in [0.1, 0.15) is 39.0 Å². The molecule has 1 aliphatic rings. The number of carbonyl (C=O) groups excluding carboxylic acids is 1. The fraction of sp³-hybridized carbons (Fsp3) is 0.259. The van der Waals surface area contributed by atoms with E-state index in [0.29, 0.717) is 42.2 Å². The summed E-state index contributed by atoms with van der Waals surface area (Å²) in [7, 11) is 0. The van der Waals surface area contributed by atoms with Crippen molar-refractivity contribution in [1.29, 1.82) is 0 Å². The summed E-state index contributed by atoms with van der Waals surface area (Å²) in [5.41, 5.74) is 3.40. The SMILES string of the molecule is Cc1ccc(C(=O)CC2(C(=O)O)Cc3ccccc3C2)cc1OCCc1cccc(Cl)c1. The van der Waals surface area contributed by atoms with Crippen LogP contribution in [0.25, 0.3) is 0 Å². The van der Waals surface area contributed by atoms with Gasteiger partial charge in [0, 0.05) is 23.4 Å². The van der Waals surface area contributed by atoms with E-state index in [2.05, 4.69) is 0 Å². The first-order valence-electron chi connectivity index (χ1n) is 10.7. The quantitative estimate of drug-likeness (QED) is 0.448. The van der Waals surface area contributed by atoms with Crippen molar-refractivity contribution < 1.29 is 19.4 Å². The van der Waals surface area contributed by atoms with E-state index in [1.807, 2.05) is 61.5 Å². The van der Waals surface area contributed by atoms with Crippen molar-refractivity contribution in [1.82, 2.24) is 0 Å². The van der Waals surface area contributed by atoms with Crippen LogP contribution in [0.3, 0.4) is 0 Å². The third kappa shape index (κ3) is 4.71. The molecule has 0 atom stereocenters. The average molecular weight is 449 g/mol. The van der Waals surface area contributed by atoms with Crippen molar-refractivity contribution >= 4 is 23.4 Å². The summed E-state index contributed by atoms with van der Waals surface area (Å²) in [6.45, 7) is 2.38. The first-order chi connectivity index (χ1) is 15.4. The van der Waals surface area contributed by atoms with Crippen molar-refractivity contribution in [2.24, 2.45) is 5.41 Å². The molecule has 0 radical (unpaired) electrons. The molecule has 0 bridgehead atoms. The van der Waals surface area contributed by atoms with E-state index in [1.165, 1.54) is 0 Å². The lowest BCUT2D eigenvalue weighted by atomic mass is 9.79. The Labute approximate surface area is 192 Å². The Morgan fingerprint density at radius 1 is 1.00 bits per heavy atom. The van der Waals surface area contributed by atoms with Crippen molar-refractivity contribution in [2.45, 2.75) is 32.6 Å². The number of hydrogen-bond donors (Lipinski definition) is 1. The second kappa shape index (κ2) is 9.17. The predicted molar refractivity (Wildman–Crippen MR) is 125 cm³/mol. The molecule has 0 saturated carbocycles. The highest BCUT2D eigenvalue weighted by atomic mass is 35.5. The molecule has 0 aromatic heterocycles. The largest absolute Gasteiger partial charge is 0.493 e. The van der Waals surface area contributed by atoms with Crippen LogP contribution in [0, 0.1) is 12.3 Å². The van der Waals surface area contributed by atoms with Gasteiger partial charge >= 0.3 is 5.97 Å². The van der Waals surface area contributed by atoms with Gasteiger partial charge in [0.1, 0.15) is 5.75 Å². The number of carboxylic acid groups (broad SMARTS) is 1. The highest BCUT2D eigenvalue weighted by Gasteiger charge is 2.45. The van der Waals surface area contributed by atoms with Crippen LogP contribution >= 0.6 is 11.6 Å². The number of aliphatic carboxylic acids is 1. The van der Waals surface area contributed by atoms with Gasteiger partial charge in [-0.15, -0.1) is 0 Å². The monoisotopic (exact) mass is 448 g/mol. The Morgan fingerprint density at radius 2 is 1.72 bits per heavy atom. The standard InChI is InChI=1S/C27H25ClO4/c1-18-9-10-20(14-25(18)32-12-11-19-5-4-8-23(28)13-19)24(29)17-27(26(30)31)15-21-6-2-3-7-22(21)16-27/h2-10,13-14H,11-12,15-17H2,1H3,(H,30,31). The molecule has 0 spiro atoms. The third-order valence-electron chi connectivity index (χ3n) is 6.18. The minimum atomic E-state index is -1.10. The molecule has 1 aliphatic carbocycles. The van der Waals surface area contributed by atoms with Gasteiger partial charge < -0.3 is 9.84 Å². The summed E-state index contributed by atoms with van der Waals surface area (Å²) in [5, 5.41) is 10.7. The lowest BCUT2D eigenvalue weighted by molar-refractivity contribution is -0.148. The number of aryl methyl sites for hydroxylation is 1. The Bertz CT molecular complexity index is 1140. The van der Waals surface area contributed by atoms with Crippen molar-refractivity contribution in [3.63, 3.8) is 0 Å². The van der Waals surface area contributed by atoms with Crippen LogP contribution in [-0.2, 0) is 24.1 Å². The van der Waals surface area contributed by atoms with Crippen molar-refractivity contribution in [2.75, 3.05) is 6.61 Å². The minimum Gasteiger partial charge on any atom is -0.493 e. The fourth-order valence-electron chi connectivity index (χ4n) is 4.36. The zero-order valence-corrected chi connectivity index (χ0v) is 18.7. The maximum Gasteiger partial charge on any atom is 0.310 e. The maximum absolute atomic E-state index is 13.1. The summed E-state index contributed by atoms with van der Waals surface area (Å²) < 4.78 is 5.95. The van der Waals surface area contributed by atoms with Crippen LogP contribution in [0.2, 0.25) is 5.02 Å². The zero-order chi connectivity index (χ0) is 22.7.